The van der Waals surface area contributed by atoms with Crippen LogP contribution in [0.2, 0.25) is 0 Å². The van der Waals surface area contributed by atoms with Crippen LogP contribution < -0.4 is 5.32 Å². The van der Waals surface area contributed by atoms with Gasteiger partial charge < -0.3 is 45.1 Å². The van der Waals surface area contributed by atoms with Gasteiger partial charge in [-0.05, 0) is 57.8 Å². The van der Waals surface area contributed by atoms with Crippen LogP contribution in [0.5, 0.6) is 0 Å². The molecule has 0 aromatic rings. The molecule has 8 atom stereocenters. The molecule has 1 aliphatic heterocycles. The molecule has 75 heavy (non-hydrogen) atoms. The van der Waals surface area contributed by atoms with Gasteiger partial charge in [0.2, 0.25) is 5.91 Å². The number of carbonyl (C=O) groups excluding carboxylic acids is 2. The second kappa shape index (κ2) is 52.6. The summed E-state index contributed by atoms with van der Waals surface area (Å²) in [5, 5.41) is 57.0. The van der Waals surface area contributed by atoms with Gasteiger partial charge in [0.25, 0.3) is 0 Å². The van der Waals surface area contributed by atoms with Crippen molar-refractivity contribution in [2.24, 2.45) is 0 Å². The summed E-state index contributed by atoms with van der Waals surface area (Å²) in [4.78, 5) is 26.6. The van der Waals surface area contributed by atoms with Gasteiger partial charge in [0.15, 0.2) is 12.4 Å². The number of rotatable bonds is 54. The normalized spacial score (nSPS) is 19.4. The van der Waals surface area contributed by atoms with Crippen LogP contribution in [0.25, 0.3) is 0 Å². The molecule has 11 heteroatoms. The molecule has 440 valence electrons. The SMILES string of the molecule is CCCCC/C=C\C/C=C\CCCCCCCCCC(=O)OC1C(OCC(NC(=O)C(O)CCCCCCCCCCCCCCCCCC)C(O)/C=C/CCCCCCCCCCCCC)OC(CO)C(O)C1O. The smallest absolute Gasteiger partial charge is 0.306 e. The Morgan fingerprint density at radius 3 is 1.39 bits per heavy atom. The molecule has 1 amide bonds. The number of amides is 1. The third kappa shape index (κ3) is 40.7. The number of allylic oxidation sites excluding steroid dienone is 5. The van der Waals surface area contributed by atoms with Crippen LogP contribution in [0.1, 0.15) is 297 Å². The third-order valence-corrected chi connectivity index (χ3v) is 15.0. The van der Waals surface area contributed by atoms with Crippen LogP contribution in [-0.2, 0) is 23.8 Å². The Bertz CT molecular complexity index is 1360. The molecule has 0 aliphatic carbocycles. The van der Waals surface area contributed by atoms with Crippen LogP contribution >= 0.6 is 0 Å². The lowest BCUT2D eigenvalue weighted by molar-refractivity contribution is -0.305. The Hall–Kier alpha value is -2.12. The third-order valence-electron chi connectivity index (χ3n) is 15.0. The molecular weight excluding hydrogens is 943 g/mol. The van der Waals surface area contributed by atoms with E-state index in [1.807, 2.05) is 6.08 Å². The predicted octanol–water partition coefficient (Wildman–Crippen LogP) is 15.1. The fourth-order valence-corrected chi connectivity index (χ4v) is 9.98. The van der Waals surface area contributed by atoms with Crippen LogP contribution in [0.4, 0.5) is 0 Å². The Morgan fingerprint density at radius 1 is 0.520 bits per heavy atom. The second-order valence-corrected chi connectivity index (χ2v) is 22.1. The van der Waals surface area contributed by atoms with Crippen molar-refractivity contribution in [2.45, 2.75) is 346 Å². The largest absolute Gasteiger partial charge is 0.454 e. The molecule has 0 aromatic heterocycles. The van der Waals surface area contributed by atoms with Crippen LogP contribution in [-0.4, -0.2) is 99.6 Å². The molecule has 0 aromatic carbocycles. The number of hydrogen-bond acceptors (Lipinski definition) is 10. The number of carbonyl (C=O) groups is 2. The van der Waals surface area contributed by atoms with Gasteiger partial charge >= 0.3 is 5.97 Å². The maximum atomic E-state index is 13.4. The zero-order valence-electron chi connectivity index (χ0n) is 48.7. The van der Waals surface area contributed by atoms with Gasteiger partial charge in [-0.15, -0.1) is 0 Å². The van der Waals surface area contributed by atoms with Gasteiger partial charge in [-0.3, -0.25) is 9.59 Å². The van der Waals surface area contributed by atoms with Gasteiger partial charge in [0.05, 0.1) is 25.4 Å². The first-order valence-corrected chi connectivity index (χ1v) is 31.8. The van der Waals surface area contributed by atoms with Crippen molar-refractivity contribution in [2.75, 3.05) is 13.2 Å². The van der Waals surface area contributed by atoms with Crippen molar-refractivity contribution < 1.29 is 49.3 Å². The van der Waals surface area contributed by atoms with Crippen molar-refractivity contribution >= 4 is 11.9 Å². The van der Waals surface area contributed by atoms with E-state index in [0.29, 0.717) is 19.3 Å². The quantitative estimate of drug-likeness (QED) is 0.0195. The van der Waals surface area contributed by atoms with Crippen LogP contribution in [0.3, 0.4) is 0 Å². The highest BCUT2D eigenvalue weighted by molar-refractivity contribution is 5.80. The molecule has 0 bridgehead atoms. The van der Waals surface area contributed by atoms with Gasteiger partial charge in [0, 0.05) is 6.42 Å². The Kier molecular flexibility index (Phi) is 49.7. The van der Waals surface area contributed by atoms with Gasteiger partial charge in [-0.2, -0.15) is 0 Å². The highest BCUT2D eigenvalue weighted by Crippen LogP contribution is 2.26. The lowest BCUT2D eigenvalue weighted by Crippen LogP contribution is -2.61. The fraction of sp³-hybridized carbons (Fsp3) is 0.875. The average Bonchev–Trinajstić information content (AvgIpc) is 3.41. The first kappa shape index (κ1) is 70.9. The van der Waals surface area contributed by atoms with Crippen molar-refractivity contribution in [1.82, 2.24) is 5.32 Å². The average molecular weight is 1060 g/mol. The minimum Gasteiger partial charge on any atom is -0.454 e. The van der Waals surface area contributed by atoms with E-state index in [0.717, 1.165) is 77.0 Å². The van der Waals surface area contributed by atoms with E-state index in [1.165, 1.54) is 173 Å². The maximum Gasteiger partial charge on any atom is 0.306 e. The molecule has 1 rings (SSSR count). The summed E-state index contributed by atoms with van der Waals surface area (Å²) >= 11 is 0. The molecule has 1 heterocycles. The molecule has 6 N–H and O–H groups in total. The molecule has 0 spiro atoms. The minimum atomic E-state index is -1.61. The molecular formula is C64H119NO10. The van der Waals surface area contributed by atoms with E-state index in [4.69, 9.17) is 14.2 Å². The Morgan fingerprint density at radius 2 is 0.920 bits per heavy atom. The summed E-state index contributed by atoms with van der Waals surface area (Å²) in [6.45, 7) is 5.79. The van der Waals surface area contributed by atoms with Crippen molar-refractivity contribution in [1.29, 1.82) is 0 Å². The van der Waals surface area contributed by atoms with Crippen molar-refractivity contribution in [3.8, 4) is 0 Å². The van der Waals surface area contributed by atoms with E-state index < -0.39 is 67.4 Å². The van der Waals surface area contributed by atoms with Crippen molar-refractivity contribution in [3.63, 3.8) is 0 Å². The summed E-state index contributed by atoms with van der Waals surface area (Å²) in [6, 6.07) is -1.02. The monoisotopic (exact) mass is 1060 g/mol. The Labute approximate surface area is 460 Å². The Balaban J connectivity index is 2.68. The summed E-state index contributed by atoms with van der Waals surface area (Å²) in [5.74, 6) is -1.19. The molecule has 1 fully saturated rings. The fourth-order valence-electron chi connectivity index (χ4n) is 9.98. The van der Waals surface area contributed by atoms with E-state index in [1.54, 1.807) is 6.08 Å². The lowest BCUT2D eigenvalue weighted by atomic mass is 9.99. The van der Waals surface area contributed by atoms with E-state index in [9.17, 15) is 35.1 Å². The van der Waals surface area contributed by atoms with E-state index >= 15 is 0 Å². The second-order valence-electron chi connectivity index (χ2n) is 22.1. The van der Waals surface area contributed by atoms with Gasteiger partial charge in [-0.1, -0.05) is 269 Å². The zero-order chi connectivity index (χ0) is 54.7. The molecule has 1 saturated heterocycles. The predicted molar refractivity (Wildman–Crippen MR) is 311 cm³/mol. The standard InChI is InChI=1S/C64H119NO10/c1-4-7-10-13-16-19-22-25-27-29-31-34-37-40-43-46-49-52-59(69)75-62-61(71)60(70)58(53-66)74-64(62)73-54-55(56(67)50-47-44-41-38-35-32-24-21-18-15-12-9-6-3)65-63(72)57(68)51-48-45-42-39-36-33-30-28-26-23-20-17-14-11-8-5-2/h16,19,25,27,47,50,55-58,60-62,64,66-68,70-71H,4-15,17-18,20-24,26,28-46,48-49,51-54H2,1-3H3,(H,65,72)/b19-16-,27-25-,50-47+. The number of ether oxygens (including phenoxy) is 3. The van der Waals surface area contributed by atoms with E-state index in [2.05, 4.69) is 50.4 Å². The molecule has 11 nitrogen and oxygen atoms in total. The summed E-state index contributed by atoms with van der Waals surface area (Å²) in [6.07, 6.45) is 51.7. The minimum absolute atomic E-state index is 0.117. The summed E-state index contributed by atoms with van der Waals surface area (Å²) < 4.78 is 17.6. The first-order chi connectivity index (χ1) is 36.7. The molecule has 1 aliphatic rings. The van der Waals surface area contributed by atoms with Crippen LogP contribution in [0.15, 0.2) is 36.5 Å². The van der Waals surface area contributed by atoms with E-state index in [-0.39, 0.29) is 13.0 Å². The highest BCUT2D eigenvalue weighted by Gasteiger charge is 2.47. The maximum absolute atomic E-state index is 13.4. The lowest BCUT2D eigenvalue weighted by Gasteiger charge is -2.41. The van der Waals surface area contributed by atoms with Gasteiger partial charge in [-0.25, -0.2) is 0 Å². The highest BCUT2D eigenvalue weighted by atomic mass is 16.7. The summed E-state index contributed by atoms with van der Waals surface area (Å²) in [7, 11) is 0. The molecule has 8 unspecified atom stereocenters. The number of aliphatic hydroxyl groups is 5. The number of unbranched alkanes of at least 4 members (excludes halogenated alkanes) is 36. The topological polar surface area (TPSA) is 175 Å². The number of hydrogen-bond donors (Lipinski definition) is 6. The van der Waals surface area contributed by atoms with Crippen molar-refractivity contribution in [3.05, 3.63) is 36.5 Å². The zero-order valence-corrected chi connectivity index (χ0v) is 48.7. The summed E-state index contributed by atoms with van der Waals surface area (Å²) in [5.41, 5.74) is 0. The molecule has 0 saturated carbocycles. The van der Waals surface area contributed by atoms with Gasteiger partial charge in [0.1, 0.15) is 24.4 Å². The first-order valence-electron chi connectivity index (χ1n) is 31.8. The van der Waals surface area contributed by atoms with Crippen LogP contribution in [0, 0.1) is 0 Å². The number of nitrogens with one attached hydrogen (secondary N) is 1. The number of esters is 1. The molecule has 0 radical (unpaired) electrons. The number of aliphatic hydroxyl groups excluding tert-OH is 5.